The monoisotopic (exact) mass is 758 g/mol. The molecule has 0 amide bonds. The third-order valence-corrected chi connectivity index (χ3v) is 12.6. The first kappa shape index (κ1) is 43.4. The number of hydrogen-bond donors (Lipinski definition) is 2. The summed E-state index contributed by atoms with van der Waals surface area (Å²) in [6.45, 7) is 11.4. The second-order valence-corrected chi connectivity index (χ2v) is 15.8. The molecule has 0 aromatic carbocycles. The summed E-state index contributed by atoms with van der Waals surface area (Å²) in [5.74, 6) is -0.897. The Hall–Kier alpha value is -1.28. The lowest BCUT2D eigenvalue weighted by Crippen LogP contribution is -2.69. The van der Waals surface area contributed by atoms with Gasteiger partial charge in [0.2, 0.25) is 0 Å². The first-order chi connectivity index (χ1) is 25.0. The van der Waals surface area contributed by atoms with E-state index in [1.807, 2.05) is 13.8 Å². The molecule has 0 spiro atoms. The molecule has 8 atom stereocenters. The lowest BCUT2D eigenvalue weighted by molar-refractivity contribution is -0.219. The van der Waals surface area contributed by atoms with E-state index >= 15 is 4.39 Å². The number of aliphatic hydroxyl groups is 2. The molecule has 0 aromatic heterocycles. The molecule has 3 saturated carbocycles. The molecule has 2 N–H and O–H groups in total. The summed E-state index contributed by atoms with van der Waals surface area (Å²) in [4.78, 5) is 25.8. The zero-order chi connectivity index (χ0) is 37.7. The second-order valence-electron chi connectivity index (χ2n) is 15.5. The van der Waals surface area contributed by atoms with Crippen molar-refractivity contribution in [3.63, 3.8) is 0 Å². The van der Waals surface area contributed by atoms with Crippen LogP contribution in [0, 0.1) is 28.6 Å². The summed E-state index contributed by atoms with van der Waals surface area (Å²) < 4.78 is 50.7. The minimum absolute atomic E-state index is 0.0191. The largest absolute Gasteiger partial charge is 0.390 e. The van der Waals surface area contributed by atoms with E-state index < -0.39 is 34.1 Å². The van der Waals surface area contributed by atoms with Crippen molar-refractivity contribution in [2.24, 2.45) is 28.6 Å². The molecule has 4 aliphatic carbocycles. The average Bonchev–Trinajstić information content (AvgIpc) is 3.32. The van der Waals surface area contributed by atoms with Crippen molar-refractivity contribution in [2.75, 3.05) is 85.2 Å². The van der Waals surface area contributed by atoms with E-state index in [4.69, 9.17) is 40.0 Å². The van der Waals surface area contributed by atoms with Gasteiger partial charge in [0.25, 0.3) is 0 Å². The number of fused-ring (bicyclic) bond motifs is 5. The number of carbonyl (C=O) groups is 2. The van der Waals surface area contributed by atoms with E-state index in [0.717, 1.165) is 38.2 Å². The van der Waals surface area contributed by atoms with Crippen LogP contribution in [0.5, 0.6) is 0 Å². The van der Waals surface area contributed by atoms with Crippen LogP contribution in [0.25, 0.3) is 0 Å². The zero-order valence-electron chi connectivity index (χ0n) is 31.7. The molecule has 12 heteroatoms. The fourth-order valence-corrected chi connectivity index (χ4v) is 9.71. The number of hydrogen-bond acceptors (Lipinski definition) is 10. The summed E-state index contributed by atoms with van der Waals surface area (Å²) >= 11 is 5.66. The van der Waals surface area contributed by atoms with Gasteiger partial charge >= 0.3 is 0 Å². The molecule has 52 heavy (non-hydrogen) atoms. The van der Waals surface area contributed by atoms with Gasteiger partial charge in [0.05, 0.1) is 72.2 Å². The average molecular weight is 759 g/mol. The van der Waals surface area contributed by atoms with Crippen molar-refractivity contribution >= 4 is 23.2 Å². The molecule has 4 aliphatic rings. The Morgan fingerprint density at radius 2 is 1.35 bits per heavy atom. The quantitative estimate of drug-likeness (QED) is 0.0852. The summed E-state index contributed by atoms with van der Waals surface area (Å²) in [7, 11) is 0. The van der Waals surface area contributed by atoms with Crippen LogP contribution in [0.15, 0.2) is 23.8 Å². The van der Waals surface area contributed by atoms with E-state index in [2.05, 4.69) is 0 Å². The Morgan fingerprint density at radius 1 is 0.827 bits per heavy atom. The molecule has 298 valence electrons. The maximum absolute atomic E-state index is 17.4. The highest BCUT2D eigenvalue weighted by molar-refractivity contribution is 6.17. The van der Waals surface area contributed by atoms with Gasteiger partial charge in [-0.15, -0.1) is 11.6 Å². The van der Waals surface area contributed by atoms with Crippen molar-refractivity contribution < 1.29 is 52.6 Å². The maximum Gasteiger partial charge on any atom is 0.178 e. The fraction of sp³-hybridized carbons (Fsp3) is 0.850. The normalized spacial score (nSPS) is 33.8. The van der Waals surface area contributed by atoms with Crippen molar-refractivity contribution in [1.82, 2.24) is 0 Å². The van der Waals surface area contributed by atoms with Crippen LogP contribution in [0.4, 0.5) is 4.39 Å². The standard InChI is InChI=1S/C40H64ClFO10/c1-30-27-34-33-11-10-31-28-32(43)12-13-37(31,2)39(33,42)36(45)29-38(34,3)40(30,46)35(44)9-8-16-48-18-20-50-22-24-52-26-25-51-23-21-49-19-17-47-15-7-5-4-6-14-41/h12-13,28,30,33-34,36,45-46H,4-11,14-27,29H2,1-3H3/t30-,33+,34?,36+,37+,38+,39+,40+/m1/s1. The summed E-state index contributed by atoms with van der Waals surface area (Å²) in [6, 6.07) is 0. The molecule has 4 rings (SSSR count). The third kappa shape index (κ3) is 9.74. The van der Waals surface area contributed by atoms with E-state index in [9.17, 15) is 19.8 Å². The topological polar surface area (TPSA) is 130 Å². The summed E-state index contributed by atoms with van der Waals surface area (Å²) in [5, 5.41) is 23.7. The van der Waals surface area contributed by atoms with Gasteiger partial charge in [-0.05, 0) is 75.9 Å². The van der Waals surface area contributed by atoms with Crippen molar-refractivity contribution in [3.05, 3.63) is 23.8 Å². The third-order valence-electron chi connectivity index (χ3n) is 12.4. The molecule has 0 bridgehead atoms. The van der Waals surface area contributed by atoms with Gasteiger partial charge in [0.1, 0.15) is 5.60 Å². The maximum atomic E-state index is 17.4. The van der Waals surface area contributed by atoms with Crippen LogP contribution in [0.2, 0.25) is 0 Å². The Morgan fingerprint density at radius 3 is 1.90 bits per heavy atom. The van der Waals surface area contributed by atoms with E-state index in [-0.39, 0.29) is 36.2 Å². The summed E-state index contributed by atoms with van der Waals surface area (Å²) in [5.41, 5.74) is -5.01. The molecule has 0 aliphatic heterocycles. The molecule has 1 unspecified atom stereocenters. The molecule has 10 nitrogen and oxygen atoms in total. The van der Waals surface area contributed by atoms with Crippen molar-refractivity contribution in [3.8, 4) is 0 Å². The van der Waals surface area contributed by atoms with Gasteiger partial charge < -0.3 is 38.6 Å². The van der Waals surface area contributed by atoms with Crippen LogP contribution in [0.1, 0.15) is 85.0 Å². The molecule has 0 saturated heterocycles. The van der Waals surface area contributed by atoms with Crippen LogP contribution in [-0.2, 0) is 38.0 Å². The van der Waals surface area contributed by atoms with E-state index in [0.29, 0.717) is 104 Å². The second kappa shape index (κ2) is 20.6. The van der Waals surface area contributed by atoms with Gasteiger partial charge in [-0.2, -0.15) is 0 Å². The van der Waals surface area contributed by atoms with Gasteiger partial charge in [-0.3, -0.25) is 9.59 Å². The predicted octanol–water partition coefficient (Wildman–Crippen LogP) is 5.58. The molecule has 0 radical (unpaired) electrons. The molecule has 0 aromatic rings. The smallest absolute Gasteiger partial charge is 0.178 e. The predicted molar refractivity (Wildman–Crippen MR) is 196 cm³/mol. The highest BCUT2D eigenvalue weighted by atomic mass is 35.5. The number of halogens is 2. The number of rotatable bonds is 26. The number of ether oxygens (including phenoxy) is 6. The van der Waals surface area contributed by atoms with E-state index in [1.165, 1.54) is 12.2 Å². The van der Waals surface area contributed by atoms with Gasteiger partial charge in [0.15, 0.2) is 17.2 Å². The number of aliphatic hydroxyl groups excluding tert-OH is 1. The number of alkyl halides is 2. The number of carbonyl (C=O) groups excluding carboxylic acids is 2. The van der Waals surface area contributed by atoms with E-state index in [1.54, 1.807) is 13.0 Å². The summed E-state index contributed by atoms with van der Waals surface area (Å²) in [6.07, 6.45) is 9.66. The Bertz CT molecular complexity index is 1200. The SMILES string of the molecule is C[C@@H]1CC2[C@@H]3CCC4=CC(=O)C=C[C@]4(C)[C@@]3(F)[C@@H](O)C[C@]2(C)[C@@]1(O)C(=O)CCCOCCOCCOCCOCCOCCOCCCCCCCl. The van der Waals surface area contributed by atoms with Crippen molar-refractivity contribution in [2.45, 2.75) is 102 Å². The Labute approximate surface area is 315 Å². The minimum atomic E-state index is -1.99. The van der Waals surface area contributed by atoms with Crippen LogP contribution in [0.3, 0.4) is 0 Å². The van der Waals surface area contributed by atoms with Crippen LogP contribution < -0.4 is 0 Å². The van der Waals surface area contributed by atoms with Gasteiger partial charge in [0, 0.05) is 42.3 Å². The number of unbranched alkanes of at least 4 members (excludes halogenated alkanes) is 3. The first-order valence-corrected chi connectivity index (χ1v) is 20.1. The Balaban J connectivity index is 1.03. The zero-order valence-corrected chi connectivity index (χ0v) is 32.5. The molecule has 3 fully saturated rings. The van der Waals surface area contributed by atoms with Gasteiger partial charge in [-0.25, -0.2) is 4.39 Å². The fourth-order valence-electron chi connectivity index (χ4n) is 9.52. The first-order valence-electron chi connectivity index (χ1n) is 19.6. The minimum Gasteiger partial charge on any atom is -0.390 e. The lowest BCUT2D eigenvalue weighted by Gasteiger charge is -2.62. The van der Waals surface area contributed by atoms with Crippen LogP contribution in [-0.4, -0.2) is 124 Å². The molecular formula is C40H64ClFO10. The Kier molecular flexibility index (Phi) is 17.2. The number of Topliss-reactive ketones (excluding diaryl/α,β-unsaturated/α-hetero) is 1. The molecular weight excluding hydrogens is 695 g/mol. The highest BCUT2D eigenvalue weighted by Gasteiger charge is 2.75. The van der Waals surface area contributed by atoms with Crippen LogP contribution >= 0.6 is 11.6 Å². The van der Waals surface area contributed by atoms with Gasteiger partial charge in [-0.1, -0.05) is 38.3 Å². The highest BCUT2D eigenvalue weighted by Crippen LogP contribution is 2.70. The number of ketones is 2. The number of allylic oxidation sites excluding steroid dienone is 4. The lowest BCUT2D eigenvalue weighted by atomic mass is 9.44. The molecule has 0 heterocycles. The van der Waals surface area contributed by atoms with Crippen molar-refractivity contribution in [1.29, 1.82) is 0 Å².